The summed E-state index contributed by atoms with van der Waals surface area (Å²) < 4.78 is 0. The molecule has 1 N–H and O–H groups in total. The Hall–Kier alpha value is -0.820. The molecule has 1 nitrogen and oxygen atoms in total. The first kappa shape index (κ1) is 20.1. The van der Waals surface area contributed by atoms with Crippen LogP contribution in [0.5, 0.6) is 0 Å². The highest BCUT2D eigenvalue weighted by Gasteiger charge is 2.74. The van der Waals surface area contributed by atoms with Crippen LogP contribution in [0.3, 0.4) is 0 Å². The summed E-state index contributed by atoms with van der Waals surface area (Å²) in [5.74, 6) is 4.18. The Morgan fingerprint density at radius 1 is 1.07 bits per heavy atom. The lowest BCUT2D eigenvalue weighted by Gasteiger charge is -2.52. The predicted molar refractivity (Wildman–Crippen MR) is 121 cm³/mol. The summed E-state index contributed by atoms with van der Waals surface area (Å²) in [4.78, 5) is 0. The summed E-state index contributed by atoms with van der Waals surface area (Å²) in [7, 11) is 0. The summed E-state index contributed by atoms with van der Waals surface area (Å²) in [5.41, 5.74) is 3.99. The van der Waals surface area contributed by atoms with Crippen molar-refractivity contribution in [1.29, 1.82) is 0 Å². The highest BCUT2D eigenvalue weighted by Crippen LogP contribution is 2.79. The highest BCUT2D eigenvalue weighted by molar-refractivity contribution is 5.52. The van der Waals surface area contributed by atoms with Crippen molar-refractivity contribution in [2.24, 2.45) is 51.8 Å². The van der Waals surface area contributed by atoms with Crippen LogP contribution in [0.1, 0.15) is 80.1 Å². The van der Waals surface area contributed by atoms with Crippen LogP contribution in [0.25, 0.3) is 0 Å². The van der Waals surface area contributed by atoms with Crippen LogP contribution in [0.4, 0.5) is 0 Å². The fourth-order valence-corrected chi connectivity index (χ4v) is 8.49. The maximum absolute atomic E-state index is 11.2. The molecule has 0 amide bonds. The largest absolute Gasteiger partial charge is 0.388 e. The quantitative estimate of drug-likeness (QED) is 0.512. The Balaban J connectivity index is 1.44. The third kappa shape index (κ3) is 2.49. The van der Waals surface area contributed by atoms with Crippen molar-refractivity contribution in [3.8, 4) is 0 Å². The number of hydrogen-bond donors (Lipinski definition) is 1. The lowest BCUT2D eigenvalue weighted by molar-refractivity contribution is 0.0460. The van der Waals surface area contributed by atoms with E-state index in [2.05, 4.69) is 65.8 Å². The van der Waals surface area contributed by atoms with Crippen molar-refractivity contribution in [2.75, 3.05) is 0 Å². The van der Waals surface area contributed by atoms with Gasteiger partial charge in [0.05, 0.1) is 6.10 Å². The van der Waals surface area contributed by atoms with Gasteiger partial charge in [-0.1, -0.05) is 65.8 Å². The fraction of sp³-hybridized carbons (Fsp3) is 0.786. The van der Waals surface area contributed by atoms with Gasteiger partial charge in [-0.2, -0.15) is 0 Å². The average molecular weight is 395 g/mol. The SMILES string of the molecule is CC(C)C(C)/C=C/C(C)C1CCC2C3=CC(O)C45CC4CCC5(C)C3=CCC21C. The third-order valence-electron chi connectivity index (χ3n) is 10.9. The van der Waals surface area contributed by atoms with Crippen LogP contribution in [0.15, 0.2) is 35.5 Å². The normalized spacial score (nSPS) is 49.8. The maximum atomic E-state index is 11.2. The minimum absolute atomic E-state index is 0.192. The van der Waals surface area contributed by atoms with Gasteiger partial charge < -0.3 is 5.11 Å². The Labute approximate surface area is 178 Å². The van der Waals surface area contributed by atoms with Gasteiger partial charge in [-0.15, -0.1) is 0 Å². The van der Waals surface area contributed by atoms with Gasteiger partial charge in [0.25, 0.3) is 0 Å². The Kier molecular flexibility index (Phi) is 4.40. The van der Waals surface area contributed by atoms with Gasteiger partial charge in [-0.05, 0) is 90.6 Å². The van der Waals surface area contributed by atoms with Crippen molar-refractivity contribution in [1.82, 2.24) is 0 Å². The van der Waals surface area contributed by atoms with Crippen molar-refractivity contribution in [2.45, 2.75) is 86.2 Å². The molecule has 1 heteroatoms. The topological polar surface area (TPSA) is 20.2 Å². The molecule has 0 bridgehead atoms. The van der Waals surface area contributed by atoms with E-state index in [-0.39, 0.29) is 16.9 Å². The van der Waals surface area contributed by atoms with E-state index in [1.54, 1.807) is 11.1 Å². The number of aliphatic hydroxyl groups is 1. The molecule has 5 aliphatic carbocycles. The van der Waals surface area contributed by atoms with Crippen LogP contribution in [0, 0.1) is 51.8 Å². The summed E-state index contributed by atoms with van der Waals surface area (Å²) >= 11 is 0. The molecule has 0 aromatic rings. The van der Waals surface area contributed by atoms with Gasteiger partial charge in [0, 0.05) is 10.8 Å². The van der Waals surface area contributed by atoms with E-state index in [9.17, 15) is 5.11 Å². The van der Waals surface area contributed by atoms with Crippen LogP contribution >= 0.6 is 0 Å². The lowest BCUT2D eigenvalue weighted by atomic mass is 9.53. The number of fused-ring (bicyclic) bond motifs is 4. The molecule has 0 saturated heterocycles. The van der Waals surface area contributed by atoms with Gasteiger partial charge in [0.1, 0.15) is 0 Å². The molecule has 0 aliphatic heterocycles. The minimum atomic E-state index is -0.210. The maximum Gasteiger partial charge on any atom is 0.0794 e. The number of aliphatic hydroxyl groups excluding tert-OH is 1. The van der Waals surface area contributed by atoms with E-state index in [0.29, 0.717) is 29.1 Å². The molecular weight excluding hydrogens is 352 g/mol. The molecule has 5 rings (SSSR count). The Bertz CT molecular complexity index is 786. The second-order valence-corrected chi connectivity index (χ2v) is 12.3. The molecule has 0 aromatic heterocycles. The number of hydrogen-bond acceptors (Lipinski definition) is 1. The third-order valence-corrected chi connectivity index (χ3v) is 10.9. The molecule has 3 fully saturated rings. The molecule has 1 spiro atoms. The van der Waals surface area contributed by atoms with Gasteiger partial charge >= 0.3 is 0 Å². The van der Waals surface area contributed by atoms with Crippen molar-refractivity contribution in [3.05, 3.63) is 35.5 Å². The molecule has 29 heavy (non-hydrogen) atoms. The van der Waals surface area contributed by atoms with E-state index in [4.69, 9.17) is 0 Å². The van der Waals surface area contributed by atoms with E-state index in [1.807, 2.05) is 0 Å². The minimum Gasteiger partial charge on any atom is -0.388 e. The summed E-state index contributed by atoms with van der Waals surface area (Å²) in [6.45, 7) is 14.5. The van der Waals surface area contributed by atoms with Gasteiger partial charge in [0.2, 0.25) is 0 Å². The predicted octanol–water partition coefficient (Wildman–Crippen LogP) is 6.94. The average Bonchev–Trinajstić information content (AvgIpc) is 3.20. The standard InChI is InChI=1S/C28H42O/c1-17(2)18(3)7-8-19(4)22-9-10-23-21-15-25(29)28-16-20(28)11-14-27(28,6)24(21)12-13-26(22,23)5/h7-8,12,15,17-20,22-23,25,29H,9-11,13-14,16H2,1-6H3/b8-7+. The fourth-order valence-electron chi connectivity index (χ4n) is 8.49. The van der Waals surface area contributed by atoms with Gasteiger partial charge in [-0.25, -0.2) is 0 Å². The smallest absolute Gasteiger partial charge is 0.0794 e. The van der Waals surface area contributed by atoms with Crippen molar-refractivity contribution >= 4 is 0 Å². The van der Waals surface area contributed by atoms with Crippen LogP contribution < -0.4 is 0 Å². The zero-order valence-corrected chi connectivity index (χ0v) is 19.5. The van der Waals surface area contributed by atoms with E-state index in [0.717, 1.165) is 11.8 Å². The molecule has 3 saturated carbocycles. The second kappa shape index (κ2) is 6.35. The zero-order chi connectivity index (χ0) is 20.8. The van der Waals surface area contributed by atoms with E-state index in [1.165, 1.54) is 38.5 Å². The Morgan fingerprint density at radius 3 is 2.52 bits per heavy atom. The summed E-state index contributed by atoms with van der Waals surface area (Å²) in [5, 5.41) is 11.2. The summed E-state index contributed by atoms with van der Waals surface area (Å²) in [6, 6.07) is 0. The Morgan fingerprint density at radius 2 is 1.83 bits per heavy atom. The lowest BCUT2D eigenvalue weighted by Crippen LogP contribution is -2.46. The van der Waals surface area contributed by atoms with Crippen LogP contribution in [-0.4, -0.2) is 11.2 Å². The van der Waals surface area contributed by atoms with Crippen LogP contribution in [-0.2, 0) is 0 Å². The first-order chi connectivity index (χ1) is 13.6. The molecular formula is C28H42O. The van der Waals surface area contributed by atoms with Crippen molar-refractivity contribution in [3.63, 3.8) is 0 Å². The molecule has 0 radical (unpaired) electrons. The number of allylic oxidation sites excluding steroid dienone is 5. The zero-order valence-electron chi connectivity index (χ0n) is 19.5. The van der Waals surface area contributed by atoms with Gasteiger partial charge in [-0.3, -0.25) is 0 Å². The first-order valence-corrected chi connectivity index (χ1v) is 12.4. The molecule has 0 aromatic carbocycles. The summed E-state index contributed by atoms with van der Waals surface area (Å²) in [6.07, 6.45) is 17.5. The van der Waals surface area contributed by atoms with E-state index < -0.39 is 0 Å². The molecule has 0 heterocycles. The highest BCUT2D eigenvalue weighted by atomic mass is 16.3. The van der Waals surface area contributed by atoms with Crippen LogP contribution in [0.2, 0.25) is 0 Å². The van der Waals surface area contributed by atoms with Crippen molar-refractivity contribution < 1.29 is 5.11 Å². The molecule has 9 unspecified atom stereocenters. The molecule has 160 valence electrons. The van der Waals surface area contributed by atoms with E-state index >= 15 is 0 Å². The first-order valence-electron chi connectivity index (χ1n) is 12.4. The monoisotopic (exact) mass is 394 g/mol. The van der Waals surface area contributed by atoms with Gasteiger partial charge in [0.15, 0.2) is 0 Å². The molecule has 5 aliphatic rings. The molecule has 9 atom stereocenters. The number of rotatable bonds is 4. The second-order valence-electron chi connectivity index (χ2n) is 12.3.